The van der Waals surface area contributed by atoms with Crippen LogP contribution in [0.2, 0.25) is 0 Å². The largest absolute Gasteiger partial charge is 0.265 e. The summed E-state index contributed by atoms with van der Waals surface area (Å²) >= 11 is 9.71. The average molecular weight is 329 g/mol. The van der Waals surface area contributed by atoms with Gasteiger partial charge in [-0.15, -0.1) is 11.6 Å². The van der Waals surface area contributed by atoms with Crippen LogP contribution in [0.3, 0.4) is 0 Å². The van der Waals surface area contributed by atoms with Crippen molar-refractivity contribution >= 4 is 27.5 Å². The van der Waals surface area contributed by atoms with Crippen molar-refractivity contribution < 1.29 is 4.39 Å². The molecule has 0 saturated heterocycles. The van der Waals surface area contributed by atoms with E-state index in [-0.39, 0.29) is 17.1 Å². The minimum absolute atomic E-state index is 0.0865. The Bertz CT molecular complexity index is 512. The number of hydrogen-bond donors (Lipinski definition) is 0. The predicted molar refractivity (Wildman–Crippen MR) is 75.3 cm³/mol. The number of benzene rings is 1. The second kappa shape index (κ2) is 5.81. The molecule has 0 N–H and O–H groups in total. The number of rotatable bonds is 3. The van der Waals surface area contributed by atoms with Crippen LogP contribution in [0.5, 0.6) is 0 Å². The summed E-state index contributed by atoms with van der Waals surface area (Å²) in [5, 5.41) is -0.278. The number of pyridine rings is 1. The van der Waals surface area contributed by atoms with Gasteiger partial charge in [0.25, 0.3) is 0 Å². The molecule has 94 valence electrons. The third kappa shape index (κ3) is 3.09. The third-order valence-corrected chi connectivity index (χ3v) is 3.96. The van der Waals surface area contributed by atoms with Gasteiger partial charge in [-0.2, -0.15) is 0 Å². The fourth-order valence-corrected chi connectivity index (χ4v) is 2.61. The minimum atomic E-state index is -0.285. The van der Waals surface area contributed by atoms with Crippen LogP contribution in [0.1, 0.15) is 29.3 Å². The first kappa shape index (κ1) is 13.5. The molecule has 18 heavy (non-hydrogen) atoms. The van der Waals surface area contributed by atoms with Gasteiger partial charge in [-0.1, -0.05) is 22.9 Å². The molecule has 0 aliphatic carbocycles. The Morgan fingerprint density at radius 1 is 1.17 bits per heavy atom. The highest BCUT2D eigenvalue weighted by atomic mass is 79.9. The predicted octanol–water partition coefficient (Wildman–Crippen LogP) is 5.07. The molecule has 2 aromatic rings. The van der Waals surface area contributed by atoms with Crippen molar-refractivity contribution in [2.45, 2.75) is 18.2 Å². The maximum absolute atomic E-state index is 13.4. The zero-order valence-electron chi connectivity index (χ0n) is 9.78. The first-order chi connectivity index (χ1) is 8.58. The van der Waals surface area contributed by atoms with E-state index in [4.69, 9.17) is 11.6 Å². The molecule has 2 rings (SSSR count). The molecule has 0 radical (unpaired) electrons. The van der Waals surface area contributed by atoms with Crippen LogP contribution < -0.4 is 0 Å². The van der Waals surface area contributed by atoms with Gasteiger partial charge in [0, 0.05) is 22.8 Å². The molecule has 0 spiro atoms. The second-order valence-electron chi connectivity index (χ2n) is 4.17. The Morgan fingerprint density at radius 2 is 1.83 bits per heavy atom. The van der Waals surface area contributed by atoms with E-state index in [1.54, 1.807) is 12.4 Å². The van der Waals surface area contributed by atoms with E-state index in [1.807, 2.05) is 25.1 Å². The van der Waals surface area contributed by atoms with Crippen LogP contribution in [-0.4, -0.2) is 4.98 Å². The van der Waals surface area contributed by atoms with E-state index < -0.39 is 0 Å². The van der Waals surface area contributed by atoms with Crippen molar-refractivity contribution in [1.82, 2.24) is 4.98 Å². The Morgan fingerprint density at radius 3 is 2.44 bits per heavy atom. The summed E-state index contributed by atoms with van der Waals surface area (Å²) in [6.45, 7) is 2.02. The van der Waals surface area contributed by atoms with Crippen molar-refractivity contribution in [2.24, 2.45) is 0 Å². The van der Waals surface area contributed by atoms with Crippen LogP contribution >= 0.6 is 27.5 Å². The summed E-state index contributed by atoms with van der Waals surface area (Å²) < 4.78 is 14.1. The molecular weight excluding hydrogens is 317 g/mol. The second-order valence-corrected chi connectivity index (χ2v) is 5.56. The minimum Gasteiger partial charge on any atom is -0.265 e. The average Bonchev–Trinajstić information content (AvgIpc) is 2.37. The molecule has 1 aromatic heterocycles. The Hall–Kier alpha value is -0.930. The molecule has 0 fully saturated rings. The summed E-state index contributed by atoms with van der Waals surface area (Å²) in [7, 11) is 0. The normalized spacial score (nSPS) is 14.2. The summed E-state index contributed by atoms with van der Waals surface area (Å²) in [5.74, 6) is -0.199. The van der Waals surface area contributed by atoms with Crippen molar-refractivity contribution in [3.8, 4) is 0 Å². The van der Waals surface area contributed by atoms with Crippen LogP contribution in [-0.2, 0) is 0 Å². The summed E-state index contributed by atoms with van der Waals surface area (Å²) in [4.78, 5) is 3.98. The van der Waals surface area contributed by atoms with E-state index in [2.05, 4.69) is 20.9 Å². The Balaban J connectivity index is 2.28. The highest BCUT2D eigenvalue weighted by Gasteiger charge is 2.19. The van der Waals surface area contributed by atoms with Gasteiger partial charge in [-0.05, 0) is 41.5 Å². The molecule has 4 heteroatoms. The summed E-state index contributed by atoms with van der Waals surface area (Å²) in [5.41, 5.74) is 1.86. The fraction of sp³-hybridized carbons (Fsp3) is 0.214. The first-order valence-electron chi connectivity index (χ1n) is 5.58. The van der Waals surface area contributed by atoms with Gasteiger partial charge in [0.2, 0.25) is 0 Å². The topological polar surface area (TPSA) is 12.9 Å². The smallest absolute Gasteiger partial charge is 0.124 e. The molecule has 1 heterocycles. The van der Waals surface area contributed by atoms with Gasteiger partial charge in [0.15, 0.2) is 0 Å². The number of nitrogens with zero attached hydrogens (tertiary/aromatic N) is 1. The molecular formula is C14H12BrClFN. The number of aromatic nitrogens is 1. The maximum Gasteiger partial charge on any atom is 0.124 e. The summed E-state index contributed by atoms with van der Waals surface area (Å²) in [6, 6.07) is 8.59. The number of hydrogen-bond acceptors (Lipinski definition) is 1. The van der Waals surface area contributed by atoms with E-state index >= 15 is 0 Å². The van der Waals surface area contributed by atoms with E-state index in [0.717, 1.165) is 11.1 Å². The van der Waals surface area contributed by atoms with Gasteiger partial charge in [0.1, 0.15) is 5.82 Å². The maximum atomic E-state index is 13.4. The van der Waals surface area contributed by atoms with Crippen LogP contribution in [0.4, 0.5) is 4.39 Å². The van der Waals surface area contributed by atoms with Gasteiger partial charge in [0.05, 0.1) is 5.38 Å². The zero-order chi connectivity index (χ0) is 13.1. The van der Waals surface area contributed by atoms with Crippen LogP contribution in [0, 0.1) is 5.82 Å². The van der Waals surface area contributed by atoms with E-state index in [1.165, 1.54) is 12.1 Å². The van der Waals surface area contributed by atoms with Gasteiger partial charge in [-0.25, -0.2) is 4.39 Å². The van der Waals surface area contributed by atoms with E-state index in [0.29, 0.717) is 4.47 Å². The van der Waals surface area contributed by atoms with E-state index in [9.17, 15) is 4.39 Å². The molecule has 1 nitrogen and oxygen atoms in total. The number of alkyl halides is 1. The van der Waals surface area contributed by atoms with Crippen LogP contribution in [0.25, 0.3) is 0 Å². The standard InChI is InChI=1S/C14H12BrClFN/c1-9(10-2-4-18-5-3-10)14(16)11-6-12(15)8-13(17)7-11/h2-9,14H,1H3. The highest BCUT2D eigenvalue weighted by molar-refractivity contribution is 9.10. The number of halogens is 3. The lowest BCUT2D eigenvalue weighted by Crippen LogP contribution is -2.03. The molecule has 0 amide bonds. The van der Waals surface area contributed by atoms with Gasteiger partial charge >= 0.3 is 0 Å². The van der Waals surface area contributed by atoms with Crippen molar-refractivity contribution in [3.05, 3.63) is 64.1 Å². The summed E-state index contributed by atoms with van der Waals surface area (Å²) in [6.07, 6.45) is 3.47. The lowest BCUT2D eigenvalue weighted by molar-refractivity contribution is 0.620. The molecule has 2 atom stereocenters. The monoisotopic (exact) mass is 327 g/mol. The lowest BCUT2D eigenvalue weighted by atomic mass is 9.94. The van der Waals surface area contributed by atoms with Gasteiger partial charge < -0.3 is 0 Å². The van der Waals surface area contributed by atoms with Crippen molar-refractivity contribution in [2.75, 3.05) is 0 Å². The van der Waals surface area contributed by atoms with Crippen molar-refractivity contribution in [3.63, 3.8) is 0 Å². The first-order valence-corrected chi connectivity index (χ1v) is 6.81. The van der Waals surface area contributed by atoms with Crippen molar-refractivity contribution in [1.29, 1.82) is 0 Å². The van der Waals surface area contributed by atoms with Crippen LogP contribution in [0.15, 0.2) is 47.2 Å². The third-order valence-electron chi connectivity index (χ3n) is 2.87. The SMILES string of the molecule is CC(c1ccncc1)C(Cl)c1cc(F)cc(Br)c1. The zero-order valence-corrected chi connectivity index (χ0v) is 12.1. The highest BCUT2D eigenvalue weighted by Crippen LogP contribution is 2.36. The quantitative estimate of drug-likeness (QED) is 0.717. The molecule has 0 aliphatic heterocycles. The van der Waals surface area contributed by atoms with Gasteiger partial charge in [-0.3, -0.25) is 4.98 Å². The Kier molecular flexibility index (Phi) is 4.36. The molecule has 0 aliphatic rings. The molecule has 0 bridgehead atoms. The molecule has 0 saturated carbocycles. The fourth-order valence-electron chi connectivity index (χ4n) is 1.86. The molecule has 1 aromatic carbocycles. The lowest BCUT2D eigenvalue weighted by Gasteiger charge is -2.19. The Labute approximate surface area is 119 Å². The molecule has 2 unspecified atom stereocenters.